The van der Waals surface area contributed by atoms with Gasteiger partial charge in [0.05, 0.1) is 13.7 Å². The maximum atomic E-state index is 5.83. The summed E-state index contributed by atoms with van der Waals surface area (Å²) in [7, 11) is 1.64. The average Bonchev–Trinajstić information content (AvgIpc) is 3.08. The molecule has 0 bridgehead atoms. The van der Waals surface area contributed by atoms with Gasteiger partial charge in [-0.3, -0.25) is 0 Å². The van der Waals surface area contributed by atoms with Crippen LogP contribution < -0.4 is 9.47 Å². The molecule has 3 aromatic rings. The number of methoxy groups -OCH3 is 1. The van der Waals surface area contributed by atoms with Crippen LogP contribution in [0.3, 0.4) is 0 Å². The maximum Gasteiger partial charge on any atom is 0.191 e. The number of thioether (sulfide) groups is 1. The van der Waals surface area contributed by atoms with Crippen LogP contribution in [0.4, 0.5) is 0 Å². The fourth-order valence-electron chi connectivity index (χ4n) is 2.67. The number of para-hydroxylation sites is 2. The summed E-state index contributed by atoms with van der Waals surface area (Å²) in [5.74, 6) is 3.19. The van der Waals surface area contributed by atoms with Crippen molar-refractivity contribution < 1.29 is 9.47 Å². The van der Waals surface area contributed by atoms with Gasteiger partial charge in [0, 0.05) is 18.7 Å². The van der Waals surface area contributed by atoms with Gasteiger partial charge in [0.25, 0.3) is 0 Å². The molecule has 0 amide bonds. The lowest BCUT2D eigenvalue weighted by atomic mass is 10.1. The van der Waals surface area contributed by atoms with Crippen molar-refractivity contribution >= 4 is 11.8 Å². The van der Waals surface area contributed by atoms with E-state index < -0.39 is 0 Å². The van der Waals surface area contributed by atoms with Gasteiger partial charge in [0.2, 0.25) is 0 Å². The number of benzene rings is 2. The Morgan fingerprint density at radius 3 is 2.52 bits per heavy atom. The first-order chi connectivity index (χ1) is 13.3. The van der Waals surface area contributed by atoms with Crippen molar-refractivity contribution in [1.82, 2.24) is 14.8 Å². The van der Waals surface area contributed by atoms with Gasteiger partial charge in [-0.25, -0.2) is 0 Å². The first-order valence-electron chi connectivity index (χ1n) is 8.77. The zero-order valence-electron chi connectivity index (χ0n) is 15.4. The van der Waals surface area contributed by atoms with E-state index in [0.717, 1.165) is 34.7 Å². The number of hydrogen-bond acceptors (Lipinski definition) is 5. The molecule has 0 saturated heterocycles. The summed E-state index contributed by atoms with van der Waals surface area (Å²) >= 11 is 1.63. The van der Waals surface area contributed by atoms with Gasteiger partial charge < -0.3 is 14.0 Å². The van der Waals surface area contributed by atoms with Crippen molar-refractivity contribution in [2.45, 2.75) is 18.1 Å². The standard InChI is InChI=1S/C21H23N3O2S/c1-3-13-24-20(16-17-9-5-4-6-10-17)22-23-21(24)27-15-14-26-19-12-8-7-11-18(19)25-2/h3-12H,1,13-16H2,2H3. The Balaban J connectivity index is 1.60. The van der Waals surface area contributed by atoms with E-state index >= 15 is 0 Å². The predicted molar refractivity (Wildman–Crippen MR) is 109 cm³/mol. The third-order valence-corrected chi connectivity index (χ3v) is 4.88. The Bertz CT molecular complexity index is 865. The number of allylic oxidation sites excluding steroid dienone is 1. The quantitative estimate of drug-likeness (QED) is 0.299. The van der Waals surface area contributed by atoms with Gasteiger partial charge in [0.1, 0.15) is 5.82 Å². The summed E-state index contributed by atoms with van der Waals surface area (Å²) < 4.78 is 13.2. The molecule has 0 aliphatic carbocycles. The van der Waals surface area contributed by atoms with Gasteiger partial charge >= 0.3 is 0 Å². The van der Waals surface area contributed by atoms with E-state index in [4.69, 9.17) is 9.47 Å². The molecule has 0 aliphatic rings. The van der Waals surface area contributed by atoms with Crippen molar-refractivity contribution in [2.75, 3.05) is 19.5 Å². The van der Waals surface area contributed by atoms with Gasteiger partial charge in [-0.1, -0.05) is 60.3 Å². The summed E-state index contributed by atoms with van der Waals surface area (Å²) in [5.41, 5.74) is 1.21. The zero-order valence-corrected chi connectivity index (χ0v) is 16.2. The molecule has 5 nitrogen and oxygen atoms in total. The maximum absolute atomic E-state index is 5.83. The topological polar surface area (TPSA) is 49.2 Å². The molecule has 0 saturated carbocycles. The highest BCUT2D eigenvalue weighted by atomic mass is 32.2. The molecule has 1 heterocycles. The van der Waals surface area contributed by atoms with Crippen molar-refractivity contribution in [3.05, 3.63) is 78.6 Å². The molecular formula is C21H23N3O2S. The Labute approximate surface area is 164 Å². The summed E-state index contributed by atoms with van der Waals surface area (Å²) in [6.07, 6.45) is 2.62. The minimum atomic E-state index is 0.556. The van der Waals surface area contributed by atoms with Crippen molar-refractivity contribution in [3.63, 3.8) is 0 Å². The molecule has 0 atom stereocenters. The minimum Gasteiger partial charge on any atom is -0.493 e. The monoisotopic (exact) mass is 381 g/mol. The Morgan fingerprint density at radius 1 is 1.04 bits per heavy atom. The fourth-order valence-corrected chi connectivity index (χ4v) is 3.45. The summed E-state index contributed by atoms with van der Waals surface area (Å²) in [6, 6.07) is 17.9. The lowest BCUT2D eigenvalue weighted by molar-refractivity contribution is 0.313. The van der Waals surface area contributed by atoms with E-state index in [1.807, 2.05) is 48.5 Å². The largest absolute Gasteiger partial charge is 0.493 e. The van der Waals surface area contributed by atoms with Gasteiger partial charge in [-0.2, -0.15) is 0 Å². The smallest absolute Gasteiger partial charge is 0.191 e. The summed E-state index contributed by atoms with van der Waals surface area (Å²) in [5, 5.41) is 9.61. The SMILES string of the molecule is C=CCn1c(Cc2ccccc2)nnc1SCCOc1ccccc1OC. The van der Waals surface area contributed by atoms with Gasteiger partial charge in [-0.05, 0) is 17.7 Å². The zero-order chi connectivity index (χ0) is 18.9. The number of ether oxygens (including phenoxy) is 2. The van der Waals surface area contributed by atoms with Crippen LogP contribution in [0.1, 0.15) is 11.4 Å². The van der Waals surface area contributed by atoms with E-state index in [9.17, 15) is 0 Å². The molecular weight excluding hydrogens is 358 g/mol. The molecule has 140 valence electrons. The normalized spacial score (nSPS) is 10.6. The highest BCUT2D eigenvalue weighted by Crippen LogP contribution is 2.26. The summed E-state index contributed by atoms with van der Waals surface area (Å²) in [6.45, 7) is 5.10. The molecule has 2 aromatic carbocycles. The highest BCUT2D eigenvalue weighted by Gasteiger charge is 2.12. The van der Waals surface area contributed by atoms with Gasteiger partial charge in [0.15, 0.2) is 16.7 Å². The molecule has 0 N–H and O–H groups in total. The first kappa shape index (κ1) is 19.0. The molecule has 0 unspecified atom stereocenters. The molecule has 0 aliphatic heterocycles. The first-order valence-corrected chi connectivity index (χ1v) is 9.76. The van der Waals surface area contributed by atoms with Crippen molar-refractivity contribution in [1.29, 1.82) is 0 Å². The Morgan fingerprint density at radius 2 is 1.78 bits per heavy atom. The molecule has 0 radical (unpaired) electrons. The molecule has 1 aromatic heterocycles. The molecule has 6 heteroatoms. The van der Waals surface area contributed by atoms with Crippen LogP contribution in [0.2, 0.25) is 0 Å². The van der Waals surface area contributed by atoms with Crippen LogP contribution >= 0.6 is 11.8 Å². The summed E-state index contributed by atoms with van der Waals surface area (Å²) in [4.78, 5) is 0. The molecule has 0 fully saturated rings. The van der Waals surface area contributed by atoms with E-state index in [1.54, 1.807) is 18.9 Å². The molecule has 3 rings (SSSR count). The van der Waals surface area contributed by atoms with Crippen molar-refractivity contribution in [3.8, 4) is 11.5 Å². The molecule has 0 spiro atoms. The van der Waals surface area contributed by atoms with Crippen molar-refractivity contribution in [2.24, 2.45) is 0 Å². The van der Waals surface area contributed by atoms with Crippen LogP contribution in [-0.2, 0) is 13.0 Å². The van der Waals surface area contributed by atoms with Crippen LogP contribution in [0.5, 0.6) is 11.5 Å². The lowest BCUT2D eigenvalue weighted by Gasteiger charge is -2.10. The Hall–Kier alpha value is -2.73. The average molecular weight is 382 g/mol. The van der Waals surface area contributed by atoms with E-state index in [1.165, 1.54) is 5.56 Å². The number of rotatable bonds is 10. The predicted octanol–water partition coefficient (Wildman–Crippen LogP) is 4.23. The lowest BCUT2D eigenvalue weighted by Crippen LogP contribution is -2.06. The number of hydrogen-bond donors (Lipinski definition) is 0. The third kappa shape index (κ3) is 5.14. The van der Waals surface area contributed by atoms with Gasteiger partial charge in [-0.15, -0.1) is 16.8 Å². The van der Waals surface area contributed by atoms with E-state index in [2.05, 4.69) is 33.5 Å². The molecule has 27 heavy (non-hydrogen) atoms. The van der Waals surface area contributed by atoms with Crippen LogP contribution in [0.25, 0.3) is 0 Å². The number of aromatic nitrogens is 3. The second-order valence-electron chi connectivity index (χ2n) is 5.81. The third-order valence-electron chi connectivity index (χ3n) is 3.95. The number of nitrogens with zero attached hydrogens (tertiary/aromatic N) is 3. The van der Waals surface area contributed by atoms with Crippen LogP contribution in [0, 0.1) is 0 Å². The van der Waals surface area contributed by atoms with Crippen LogP contribution in [0.15, 0.2) is 72.4 Å². The second kappa shape index (κ2) is 9.83. The Kier molecular flexibility index (Phi) is 6.93. The van der Waals surface area contributed by atoms with E-state index in [-0.39, 0.29) is 0 Å². The second-order valence-corrected chi connectivity index (χ2v) is 6.87. The van der Waals surface area contributed by atoms with E-state index in [0.29, 0.717) is 13.2 Å². The minimum absolute atomic E-state index is 0.556. The highest BCUT2D eigenvalue weighted by molar-refractivity contribution is 7.99. The fraction of sp³-hybridized carbons (Fsp3) is 0.238. The van der Waals surface area contributed by atoms with Crippen LogP contribution in [-0.4, -0.2) is 34.2 Å².